The van der Waals surface area contributed by atoms with Gasteiger partial charge in [-0.1, -0.05) is 23.7 Å². The van der Waals surface area contributed by atoms with Gasteiger partial charge < -0.3 is 5.73 Å². The topological polar surface area (TPSA) is 124 Å². The molecule has 0 spiro atoms. The van der Waals surface area contributed by atoms with Crippen LogP contribution in [-0.4, -0.2) is 28.4 Å². The van der Waals surface area contributed by atoms with Crippen LogP contribution in [0.25, 0.3) is 22.3 Å². The van der Waals surface area contributed by atoms with Gasteiger partial charge in [-0.2, -0.15) is 0 Å². The van der Waals surface area contributed by atoms with Crippen LogP contribution in [0.2, 0.25) is 5.02 Å². The molecule has 0 radical (unpaired) electrons. The first-order valence-corrected chi connectivity index (χ1v) is 10.8. The van der Waals surface area contributed by atoms with Crippen molar-refractivity contribution in [3.63, 3.8) is 0 Å². The van der Waals surface area contributed by atoms with E-state index in [1.54, 1.807) is 37.4 Å². The van der Waals surface area contributed by atoms with Crippen LogP contribution in [-0.2, 0) is 10.0 Å². The lowest BCUT2D eigenvalue weighted by Gasteiger charge is -2.12. The molecule has 0 atom stereocenters. The Kier molecular flexibility index (Phi) is 5.00. The zero-order chi connectivity index (χ0) is 21.5. The highest BCUT2D eigenvalue weighted by Crippen LogP contribution is 2.28. The van der Waals surface area contributed by atoms with Crippen molar-refractivity contribution in [1.82, 2.24) is 19.9 Å². The van der Waals surface area contributed by atoms with E-state index >= 15 is 0 Å². The number of nitrogens with two attached hydrogens (primary N) is 1. The van der Waals surface area contributed by atoms with Crippen molar-refractivity contribution in [2.45, 2.75) is 18.7 Å². The molecule has 0 aliphatic carbocycles. The third-order valence-electron chi connectivity index (χ3n) is 4.48. The van der Waals surface area contributed by atoms with Gasteiger partial charge in [-0.25, -0.2) is 28.4 Å². The van der Waals surface area contributed by atoms with Crippen molar-refractivity contribution in [2.24, 2.45) is 0 Å². The number of hydrogen-bond acceptors (Lipinski definition) is 7. The summed E-state index contributed by atoms with van der Waals surface area (Å²) in [7, 11) is -3.87. The normalized spacial score (nSPS) is 11.6. The predicted molar refractivity (Wildman–Crippen MR) is 117 cm³/mol. The lowest BCUT2D eigenvalue weighted by Crippen LogP contribution is -2.14. The van der Waals surface area contributed by atoms with E-state index in [9.17, 15) is 8.42 Å². The van der Waals surface area contributed by atoms with Crippen LogP contribution in [0.1, 0.15) is 11.3 Å². The first kappa shape index (κ1) is 20.0. The van der Waals surface area contributed by atoms with E-state index in [0.29, 0.717) is 22.4 Å². The van der Waals surface area contributed by atoms with Crippen LogP contribution >= 0.6 is 11.6 Å². The van der Waals surface area contributed by atoms with E-state index < -0.39 is 10.0 Å². The molecule has 0 amide bonds. The summed E-state index contributed by atoms with van der Waals surface area (Å²) < 4.78 is 27.7. The van der Waals surface area contributed by atoms with Gasteiger partial charge >= 0.3 is 0 Å². The Hall–Kier alpha value is -3.30. The molecule has 0 aliphatic rings. The standard InChI is InChI=1S/C20H17ClN6O2S/c1-11-9-15(25-16-10-23-20(22)26-19(11)16)13-7-8-18(24-12(13)2)27-30(28,29)17-6-4-3-5-14(17)21/h3-10H,1-2H3,(H,24,27)(H2,22,23,26). The number of hydrogen-bond donors (Lipinski definition) is 2. The smallest absolute Gasteiger partial charge is 0.264 e. The van der Waals surface area contributed by atoms with Crippen LogP contribution in [0.3, 0.4) is 0 Å². The van der Waals surface area contributed by atoms with Crippen LogP contribution in [0.15, 0.2) is 53.6 Å². The van der Waals surface area contributed by atoms with Gasteiger partial charge in [-0.15, -0.1) is 0 Å². The van der Waals surface area contributed by atoms with Crippen molar-refractivity contribution >= 4 is 44.4 Å². The highest BCUT2D eigenvalue weighted by Gasteiger charge is 2.19. The first-order valence-electron chi connectivity index (χ1n) is 8.90. The summed E-state index contributed by atoms with van der Waals surface area (Å²) in [6.45, 7) is 3.69. The second kappa shape index (κ2) is 7.51. The van der Waals surface area contributed by atoms with E-state index in [0.717, 1.165) is 11.1 Å². The average Bonchev–Trinajstić information content (AvgIpc) is 2.68. The van der Waals surface area contributed by atoms with Crippen molar-refractivity contribution < 1.29 is 8.42 Å². The van der Waals surface area contributed by atoms with Crippen molar-refractivity contribution in [3.05, 3.63) is 64.9 Å². The van der Waals surface area contributed by atoms with E-state index in [2.05, 4.69) is 24.7 Å². The van der Waals surface area contributed by atoms with Crippen molar-refractivity contribution in [1.29, 1.82) is 0 Å². The molecular weight excluding hydrogens is 424 g/mol. The molecule has 0 fully saturated rings. The third-order valence-corrected chi connectivity index (χ3v) is 6.34. The van der Waals surface area contributed by atoms with Gasteiger partial charge in [0.05, 0.1) is 22.4 Å². The molecule has 0 saturated carbocycles. The summed E-state index contributed by atoms with van der Waals surface area (Å²) in [5, 5.41) is 0.136. The molecule has 4 rings (SSSR count). The number of benzene rings is 1. The number of nitrogen functional groups attached to an aromatic ring is 1. The van der Waals surface area contributed by atoms with Crippen LogP contribution in [0.5, 0.6) is 0 Å². The number of nitrogens with one attached hydrogen (secondary N) is 1. The lowest BCUT2D eigenvalue weighted by atomic mass is 10.1. The Morgan fingerprint density at radius 1 is 1.03 bits per heavy atom. The summed E-state index contributed by atoms with van der Waals surface area (Å²) >= 11 is 6.02. The van der Waals surface area contributed by atoms with E-state index in [-0.39, 0.29) is 21.7 Å². The maximum atomic E-state index is 12.6. The van der Waals surface area contributed by atoms with Crippen molar-refractivity contribution in [2.75, 3.05) is 10.5 Å². The fourth-order valence-electron chi connectivity index (χ4n) is 3.08. The Morgan fingerprint density at radius 3 is 2.53 bits per heavy atom. The molecule has 0 unspecified atom stereocenters. The SMILES string of the molecule is Cc1nc(NS(=O)(=O)c2ccccc2Cl)ccc1-c1cc(C)c2nc(N)ncc2n1. The number of pyridine rings is 2. The van der Waals surface area contributed by atoms with Gasteiger partial charge in [-0.3, -0.25) is 4.72 Å². The number of sulfonamides is 1. The zero-order valence-corrected chi connectivity index (χ0v) is 17.7. The summed E-state index contributed by atoms with van der Waals surface area (Å²) in [6.07, 6.45) is 1.57. The number of nitrogens with zero attached hydrogens (tertiary/aromatic N) is 4. The Balaban J connectivity index is 1.70. The number of anilines is 2. The molecule has 152 valence electrons. The number of fused-ring (bicyclic) bond motifs is 1. The predicted octanol–water partition coefficient (Wildman–Crippen LogP) is 3.74. The highest BCUT2D eigenvalue weighted by molar-refractivity contribution is 7.92. The fourth-order valence-corrected chi connectivity index (χ4v) is 4.60. The Bertz CT molecular complexity index is 1390. The first-order chi connectivity index (χ1) is 14.2. The van der Waals surface area contributed by atoms with Crippen LogP contribution in [0.4, 0.5) is 11.8 Å². The van der Waals surface area contributed by atoms with Gasteiger partial charge in [-0.05, 0) is 49.7 Å². The summed E-state index contributed by atoms with van der Waals surface area (Å²) in [6, 6.07) is 11.4. The molecule has 3 aromatic heterocycles. The maximum absolute atomic E-state index is 12.6. The minimum Gasteiger partial charge on any atom is -0.368 e. The minimum atomic E-state index is -3.87. The highest BCUT2D eigenvalue weighted by atomic mass is 35.5. The number of rotatable bonds is 4. The van der Waals surface area contributed by atoms with Gasteiger partial charge in [0, 0.05) is 11.3 Å². The molecule has 3 heterocycles. The summed E-state index contributed by atoms with van der Waals surface area (Å²) in [5.74, 6) is 0.373. The molecule has 0 saturated heterocycles. The minimum absolute atomic E-state index is 0.0127. The second-order valence-electron chi connectivity index (χ2n) is 6.65. The molecule has 30 heavy (non-hydrogen) atoms. The average molecular weight is 441 g/mol. The molecular formula is C20H17ClN6O2S. The van der Waals surface area contributed by atoms with Crippen LogP contribution < -0.4 is 10.5 Å². The monoisotopic (exact) mass is 440 g/mol. The molecule has 0 bridgehead atoms. The Morgan fingerprint density at radius 2 is 1.80 bits per heavy atom. The molecule has 4 aromatic rings. The molecule has 10 heteroatoms. The van der Waals surface area contributed by atoms with Crippen molar-refractivity contribution in [3.8, 4) is 11.3 Å². The maximum Gasteiger partial charge on any atom is 0.264 e. The van der Waals surface area contributed by atoms with Gasteiger partial charge in [0.25, 0.3) is 10.0 Å². The molecule has 1 aromatic carbocycles. The van der Waals surface area contributed by atoms with Crippen LogP contribution in [0, 0.1) is 13.8 Å². The summed E-state index contributed by atoms with van der Waals surface area (Å²) in [4.78, 5) is 17.2. The number of halogens is 1. The van der Waals surface area contributed by atoms with Gasteiger partial charge in [0.1, 0.15) is 16.2 Å². The quantitative estimate of drug-likeness (QED) is 0.495. The molecule has 3 N–H and O–H groups in total. The summed E-state index contributed by atoms with van der Waals surface area (Å²) in [5.41, 5.74) is 9.90. The Labute approximate surface area is 178 Å². The van der Waals surface area contributed by atoms with E-state index in [1.165, 1.54) is 12.1 Å². The fraction of sp³-hybridized carbons (Fsp3) is 0.100. The lowest BCUT2D eigenvalue weighted by molar-refractivity contribution is 0.601. The van der Waals surface area contributed by atoms with Gasteiger partial charge in [0.15, 0.2) is 0 Å². The molecule has 8 nitrogen and oxygen atoms in total. The van der Waals surface area contributed by atoms with Gasteiger partial charge in [0.2, 0.25) is 5.95 Å². The largest absolute Gasteiger partial charge is 0.368 e. The zero-order valence-electron chi connectivity index (χ0n) is 16.1. The van der Waals surface area contributed by atoms with E-state index in [4.69, 9.17) is 17.3 Å². The third kappa shape index (κ3) is 3.77. The van der Waals surface area contributed by atoms with E-state index in [1.807, 2.05) is 13.0 Å². The molecule has 0 aliphatic heterocycles. The number of aryl methyl sites for hydroxylation is 2. The number of aromatic nitrogens is 4. The second-order valence-corrected chi connectivity index (χ2v) is 8.71.